The van der Waals surface area contributed by atoms with Gasteiger partial charge in [0.1, 0.15) is 0 Å². The molecule has 0 aromatic heterocycles. The second kappa shape index (κ2) is 2.23. The summed E-state index contributed by atoms with van der Waals surface area (Å²) >= 11 is 11.0. The summed E-state index contributed by atoms with van der Waals surface area (Å²) in [6.45, 7) is 0. The zero-order valence-corrected chi connectivity index (χ0v) is 5.54. The summed E-state index contributed by atoms with van der Waals surface area (Å²) in [5.41, 5.74) is 0. The molecule has 0 amide bonds. The highest BCUT2D eigenvalue weighted by Crippen LogP contribution is 2.39. The number of rotatable bonds is 2. The summed E-state index contributed by atoms with van der Waals surface area (Å²) in [4.78, 5) is 0. The van der Waals surface area contributed by atoms with E-state index in [1.54, 1.807) is 0 Å². The van der Waals surface area contributed by atoms with Gasteiger partial charge in [-0.3, -0.25) is 0 Å². The standard InChI is InChI=1S/C5H8Cl2/c6-2-4-1-5(4)3-7/h4-5H,1-3H2/t4-,5+. The third kappa shape index (κ3) is 1.23. The average molecular weight is 139 g/mol. The summed E-state index contributed by atoms with van der Waals surface area (Å²) in [6, 6.07) is 0. The van der Waals surface area contributed by atoms with Crippen LogP contribution in [-0.2, 0) is 0 Å². The Bertz CT molecular complexity index is 55.1. The van der Waals surface area contributed by atoms with E-state index < -0.39 is 0 Å². The first kappa shape index (κ1) is 5.71. The third-order valence-corrected chi connectivity index (χ3v) is 2.26. The Kier molecular flexibility index (Phi) is 1.82. The molecule has 2 atom stereocenters. The maximum absolute atomic E-state index is 5.51. The number of hydrogen-bond acceptors (Lipinski definition) is 0. The van der Waals surface area contributed by atoms with Crippen LogP contribution in [0.15, 0.2) is 0 Å². The minimum absolute atomic E-state index is 0.749. The highest BCUT2D eigenvalue weighted by Gasteiger charge is 2.34. The Morgan fingerprint density at radius 1 is 1.14 bits per heavy atom. The molecule has 0 heterocycles. The molecule has 0 aromatic carbocycles. The van der Waals surface area contributed by atoms with Crippen molar-refractivity contribution in [2.45, 2.75) is 6.42 Å². The van der Waals surface area contributed by atoms with Crippen LogP contribution < -0.4 is 0 Å². The van der Waals surface area contributed by atoms with E-state index in [1.807, 2.05) is 0 Å². The van der Waals surface area contributed by atoms with Crippen LogP contribution in [0.1, 0.15) is 6.42 Å². The van der Waals surface area contributed by atoms with E-state index in [0.29, 0.717) is 0 Å². The SMILES string of the molecule is ClC[C@@H]1C[C@@H]1CCl. The van der Waals surface area contributed by atoms with Crippen molar-refractivity contribution in [3.63, 3.8) is 0 Å². The van der Waals surface area contributed by atoms with Gasteiger partial charge in [0.15, 0.2) is 0 Å². The highest BCUT2D eigenvalue weighted by molar-refractivity contribution is 6.19. The summed E-state index contributed by atoms with van der Waals surface area (Å²) in [7, 11) is 0. The van der Waals surface area contributed by atoms with Gasteiger partial charge in [-0.05, 0) is 18.3 Å². The molecule has 7 heavy (non-hydrogen) atoms. The minimum atomic E-state index is 0.749. The van der Waals surface area contributed by atoms with Gasteiger partial charge in [0.05, 0.1) is 0 Å². The first-order valence-electron chi connectivity index (χ1n) is 2.50. The Hall–Kier alpha value is 0.580. The molecule has 0 bridgehead atoms. The molecule has 0 aliphatic heterocycles. The first-order chi connectivity index (χ1) is 3.38. The van der Waals surface area contributed by atoms with Crippen LogP contribution in [0.25, 0.3) is 0 Å². The van der Waals surface area contributed by atoms with E-state index in [2.05, 4.69) is 0 Å². The average Bonchev–Trinajstić information content (AvgIpc) is 2.43. The van der Waals surface area contributed by atoms with Crippen molar-refractivity contribution in [1.82, 2.24) is 0 Å². The second-order valence-corrected chi connectivity index (χ2v) is 2.68. The first-order valence-corrected chi connectivity index (χ1v) is 3.57. The van der Waals surface area contributed by atoms with E-state index in [0.717, 1.165) is 23.6 Å². The van der Waals surface area contributed by atoms with Crippen LogP contribution in [0, 0.1) is 11.8 Å². The van der Waals surface area contributed by atoms with Crippen LogP contribution in [-0.4, -0.2) is 11.8 Å². The smallest absolute Gasteiger partial charge is 0.0254 e. The Morgan fingerprint density at radius 3 is 1.71 bits per heavy atom. The van der Waals surface area contributed by atoms with Crippen LogP contribution in [0.4, 0.5) is 0 Å². The summed E-state index contributed by atoms with van der Waals surface area (Å²) in [5.74, 6) is 3.10. The zero-order chi connectivity index (χ0) is 5.28. The molecular formula is C5H8Cl2. The van der Waals surface area contributed by atoms with E-state index in [1.165, 1.54) is 6.42 Å². The largest absolute Gasteiger partial charge is 0.126 e. The van der Waals surface area contributed by atoms with Gasteiger partial charge in [0.25, 0.3) is 0 Å². The topological polar surface area (TPSA) is 0 Å². The maximum atomic E-state index is 5.51. The predicted octanol–water partition coefficient (Wildman–Crippen LogP) is 2.10. The van der Waals surface area contributed by atoms with E-state index in [4.69, 9.17) is 23.2 Å². The molecule has 1 aliphatic rings. The monoisotopic (exact) mass is 138 g/mol. The lowest BCUT2D eigenvalue weighted by molar-refractivity contribution is 0.848. The van der Waals surface area contributed by atoms with E-state index in [-0.39, 0.29) is 0 Å². The second-order valence-electron chi connectivity index (χ2n) is 2.06. The zero-order valence-electron chi connectivity index (χ0n) is 4.03. The van der Waals surface area contributed by atoms with Gasteiger partial charge >= 0.3 is 0 Å². The lowest BCUT2D eigenvalue weighted by atomic mass is 10.4. The van der Waals surface area contributed by atoms with Crippen molar-refractivity contribution < 1.29 is 0 Å². The van der Waals surface area contributed by atoms with Crippen molar-refractivity contribution in [1.29, 1.82) is 0 Å². The molecule has 0 nitrogen and oxygen atoms in total. The van der Waals surface area contributed by atoms with Crippen LogP contribution in [0.5, 0.6) is 0 Å². The lowest BCUT2D eigenvalue weighted by Gasteiger charge is -1.82. The predicted molar refractivity (Wildman–Crippen MR) is 33.0 cm³/mol. The molecule has 0 saturated heterocycles. The number of halogens is 2. The van der Waals surface area contributed by atoms with Gasteiger partial charge in [-0.1, -0.05) is 0 Å². The number of alkyl halides is 2. The maximum Gasteiger partial charge on any atom is 0.0254 e. The molecule has 1 aliphatic carbocycles. The molecule has 0 aromatic rings. The van der Waals surface area contributed by atoms with Crippen molar-refractivity contribution in [3.8, 4) is 0 Å². The lowest BCUT2D eigenvalue weighted by Crippen LogP contribution is -1.82. The van der Waals surface area contributed by atoms with Crippen LogP contribution in [0.2, 0.25) is 0 Å². The normalized spacial score (nSPS) is 38.6. The third-order valence-electron chi connectivity index (χ3n) is 1.47. The minimum Gasteiger partial charge on any atom is -0.126 e. The fraction of sp³-hybridized carbons (Fsp3) is 1.00. The molecule has 0 unspecified atom stereocenters. The molecule has 0 spiro atoms. The molecule has 42 valence electrons. The van der Waals surface area contributed by atoms with Crippen LogP contribution in [0.3, 0.4) is 0 Å². The van der Waals surface area contributed by atoms with Crippen molar-refractivity contribution in [3.05, 3.63) is 0 Å². The summed E-state index contributed by atoms with van der Waals surface area (Å²) < 4.78 is 0. The van der Waals surface area contributed by atoms with Crippen molar-refractivity contribution in [2.24, 2.45) is 11.8 Å². The van der Waals surface area contributed by atoms with Gasteiger partial charge in [-0.25, -0.2) is 0 Å². The Balaban J connectivity index is 2.06. The Labute approximate surface area is 53.8 Å². The van der Waals surface area contributed by atoms with Gasteiger partial charge in [0, 0.05) is 11.8 Å². The quantitative estimate of drug-likeness (QED) is 0.514. The van der Waals surface area contributed by atoms with Crippen LogP contribution >= 0.6 is 23.2 Å². The summed E-state index contributed by atoms with van der Waals surface area (Å²) in [6.07, 6.45) is 1.26. The molecule has 1 fully saturated rings. The van der Waals surface area contributed by atoms with Gasteiger partial charge in [-0.15, -0.1) is 23.2 Å². The van der Waals surface area contributed by atoms with Gasteiger partial charge in [0.2, 0.25) is 0 Å². The van der Waals surface area contributed by atoms with Gasteiger partial charge < -0.3 is 0 Å². The molecule has 1 rings (SSSR count). The molecule has 0 radical (unpaired) electrons. The molecule has 1 saturated carbocycles. The Morgan fingerprint density at radius 2 is 1.57 bits per heavy atom. The van der Waals surface area contributed by atoms with Crippen molar-refractivity contribution in [2.75, 3.05) is 11.8 Å². The van der Waals surface area contributed by atoms with E-state index >= 15 is 0 Å². The van der Waals surface area contributed by atoms with Crippen molar-refractivity contribution >= 4 is 23.2 Å². The molecule has 2 heteroatoms. The number of hydrogen-bond donors (Lipinski definition) is 0. The van der Waals surface area contributed by atoms with E-state index in [9.17, 15) is 0 Å². The fourth-order valence-electron chi connectivity index (χ4n) is 0.688. The van der Waals surface area contributed by atoms with Gasteiger partial charge in [-0.2, -0.15) is 0 Å². The molecule has 0 N–H and O–H groups in total. The summed E-state index contributed by atoms with van der Waals surface area (Å²) in [5, 5.41) is 0. The fourth-order valence-corrected chi connectivity index (χ4v) is 1.44. The molecular weight excluding hydrogens is 131 g/mol. The highest BCUT2D eigenvalue weighted by atomic mass is 35.5.